The van der Waals surface area contributed by atoms with Crippen molar-refractivity contribution in [1.82, 2.24) is 4.72 Å². The van der Waals surface area contributed by atoms with E-state index < -0.39 is 18.2 Å². The second kappa shape index (κ2) is 8.42. The zero-order valence-electron chi connectivity index (χ0n) is 13.5. The monoisotopic (exact) mass is 385 g/mol. The number of halogens is 3. The first-order chi connectivity index (χ1) is 11.8. The van der Waals surface area contributed by atoms with Crippen molar-refractivity contribution in [2.24, 2.45) is 5.73 Å². The molecule has 0 aliphatic heterocycles. The molecule has 134 valence electrons. The Kier molecular flexibility index (Phi) is 6.52. The third-order valence-electron chi connectivity index (χ3n) is 3.49. The third kappa shape index (κ3) is 4.78. The maximum Gasteiger partial charge on any atom is 0.129 e. The number of nitrogens with two attached hydrogens (primary N) is 1. The molecule has 0 heterocycles. The van der Waals surface area contributed by atoms with Crippen molar-refractivity contribution in [3.8, 4) is 0 Å². The van der Waals surface area contributed by atoms with Crippen LogP contribution in [-0.4, -0.2) is 5.11 Å². The Morgan fingerprint density at radius 2 is 1.92 bits per heavy atom. The van der Waals surface area contributed by atoms with E-state index in [1.807, 2.05) is 6.92 Å². The number of nitrogens with one attached hydrogen (secondary N) is 2. The molecule has 0 atom stereocenters. The lowest BCUT2D eigenvalue weighted by atomic mass is 10.1. The summed E-state index contributed by atoms with van der Waals surface area (Å²) in [7, 11) is 0. The van der Waals surface area contributed by atoms with Crippen molar-refractivity contribution < 1.29 is 13.9 Å². The van der Waals surface area contributed by atoms with Crippen molar-refractivity contribution in [3.05, 3.63) is 70.0 Å². The second-order valence-electron chi connectivity index (χ2n) is 5.32. The maximum absolute atomic E-state index is 14.0. The summed E-state index contributed by atoms with van der Waals surface area (Å²) in [6.45, 7) is 4.83. The van der Waals surface area contributed by atoms with Crippen LogP contribution in [0.25, 0.3) is 0 Å². The molecule has 0 aliphatic carbocycles. The molecule has 0 aliphatic rings. The van der Waals surface area contributed by atoms with Gasteiger partial charge in [0, 0.05) is 22.6 Å². The molecule has 2 rings (SSSR count). The molecule has 0 saturated heterocycles. The first-order valence-corrected chi connectivity index (χ1v) is 8.50. The molecule has 8 heteroatoms. The van der Waals surface area contributed by atoms with Crippen LogP contribution in [-0.2, 0) is 13.2 Å². The highest BCUT2D eigenvalue weighted by atomic mass is 35.5. The van der Waals surface area contributed by atoms with Gasteiger partial charge >= 0.3 is 0 Å². The largest absolute Gasteiger partial charge is 0.392 e. The zero-order chi connectivity index (χ0) is 18.6. The van der Waals surface area contributed by atoms with Crippen LogP contribution in [0.15, 0.2) is 41.6 Å². The summed E-state index contributed by atoms with van der Waals surface area (Å²) in [5, 5.41) is 12.7. The van der Waals surface area contributed by atoms with Crippen molar-refractivity contribution in [3.63, 3.8) is 0 Å². The Bertz CT molecular complexity index is 802. The first-order valence-electron chi connectivity index (χ1n) is 7.31. The Morgan fingerprint density at radius 3 is 2.52 bits per heavy atom. The standard InChI is InChI=1S/C17H18ClF2N3OS/c1-9-5-16(13(18)6-17(9)25-23-10(2)21)22-7-11-12(8-24)15(20)4-3-14(11)19/h3-6,22-24H,2,7-8,21H2,1H3. The minimum atomic E-state index is -0.650. The SMILES string of the molecule is C=C(N)NSc1cc(Cl)c(NCc2c(F)ccc(F)c2CO)cc1C. The fraction of sp³-hybridized carbons (Fsp3) is 0.176. The number of rotatable bonds is 7. The average Bonchev–Trinajstić information content (AvgIpc) is 2.56. The van der Waals surface area contributed by atoms with Gasteiger partial charge in [-0.05, 0) is 48.7 Å². The molecular weight excluding hydrogens is 368 g/mol. The highest BCUT2D eigenvalue weighted by Gasteiger charge is 2.14. The summed E-state index contributed by atoms with van der Waals surface area (Å²) < 4.78 is 30.5. The Hall–Kier alpha value is -1.96. The number of anilines is 1. The van der Waals surface area contributed by atoms with Gasteiger partial charge in [0.15, 0.2) is 0 Å². The van der Waals surface area contributed by atoms with E-state index in [1.54, 1.807) is 12.1 Å². The molecule has 0 unspecified atom stereocenters. The van der Waals surface area contributed by atoms with E-state index in [4.69, 9.17) is 17.3 Å². The fourth-order valence-electron chi connectivity index (χ4n) is 2.21. The first kappa shape index (κ1) is 19.4. The van der Waals surface area contributed by atoms with Crippen LogP contribution in [0.4, 0.5) is 14.5 Å². The van der Waals surface area contributed by atoms with Gasteiger partial charge in [0.2, 0.25) is 0 Å². The number of aryl methyl sites for hydroxylation is 1. The summed E-state index contributed by atoms with van der Waals surface area (Å²) in [6.07, 6.45) is 0. The van der Waals surface area contributed by atoms with Gasteiger partial charge in [0.25, 0.3) is 0 Å². The lowest BCUT2D eigenvalue weighted by Gasteiger charge is -2.15. The van der Waals surface area contributed by atoms with E-state index in [0.717, 1.165) is 22.6 Å². The van der Waals surface area contributed by atoms with E-state index in [9.17, 15) is 13.9 Å². The summed E-state index contributed by atoms with van der Waals surface area (Å²) >= 11 is 7.53. The van der Waals surface area contributed by atoms with Crippen molar-refractivity contribution in [2.45, 2.75) is 25.0 Å². The number of aliphatic hydroxyl groups is 1. The highest BCUT2D eigenvalue weighted by Crippen LogP contribution is 2.31. The topological polar surface area (TPSA) is 70.3 Å². The third-order valence-corrected chi connectivity index (χ3v) is 4.82. The lowest BCUT2D eigenvalue weighted by molar-refractivity contribution is 0.273. The van der Waals surface area contributed by atoms with Gasteiger partial charge in [-0.25, -0.2) is 8.78 Å². The van der Waals surface area contributed by atoms with Crippen LogP contribution in [0.3, 0.4) is 0 Å². The van der Waals surface area contributed by atoms with Crippen LogP contribution in [0.5, 0.6) is 0 Å². The molecule has 0 radical (unpaired) electrons. The molecule has 0 aromatic heterocycles. The number of hydrogen-bond donors (Lipinski definition) is 4. The van der Waals surface area contributed by atoms with Gasteiger partial charge in [0.05, 0.1) is 23.1 Å². The second-order valence-corrected chi connectivity index (χ2v) is 6.58. The van der Waals surface area contributed by atoms with E-state index in [1.165, 1.54) is 11.9 Å². The zero-order valence-corrected chi connectivity index (χ0v) is 15.1. The van der Waals surface area contributed by atoms with Crippen LogP contribution in [0, 0.1) is 18.6 Å². The van der Waals surface area contributed by atoms with E-state index in [0.29, 0.717) is 16.5 Å². The lowest BCUT2D eigenvalue weighted by Crippen LogP contribution is -2.11. The summed E-state index contributed by atoms with van der Waals surface area (Å²) in [5.74, 6) is -0.924. The molecule has 0 fully saturated rings. The normalized spacial score (nSPS) is 10.6. The quantitative estimate of drug-likeness (QED) is 0.541. The summed E-state index contributed by atoms with van der Waals surface area (Å²) in [6, 6.07) is 5.55. The predicted molar refractivity (Wildman–Crippen MR) is 98.1 cm³/mol. The van der Waals surface area contributed by atoms with Crippen LogP contribution in [0.1, 0.15) is 16.7 Å². The molecule has 0 bridgehead atoms. The fourth-order valence-corrected chi connectivity index (χ4v) is 3.14. The van der Waals surface area contributed by atoms with Crippen molar-refractivity contribution in [2.75, 3.05) is 5.32 Å². The molecule has 2 aromatic rings. The van der Waals surface area contributed by atoms with Gasteiger partial charge in [0.1, 0.15) is 11.6 Å². The van der Waals surface area contributed by atoms with Crippen molar-refractivity contribution in [1.29, 1.82) is 0 Å². The highest BCUT2D eigenvalue weighted by molar-refractivity contribution is 7.97. The van der Waals surface area contributed by atoms with Gasteiger partial charge in [-0.15, -0.1) is 0 Å². The molecular formula is C17H18ClF2N3OS. The number of benzene rings is 2. The minimum Gasteiger partial charge on any atom is -0.392 e. The summed E-state index contributed by atoms with van der Waals surface area (Å²) in [4.78, 5) is 0.857. The van der Waals surface area contributed by atoms with Crippen molar-refractivity contribution >= 4 is 29.2 Å². The van der Waals surface area contributed by atoms with E-state index in [2.05, 4.69) is 16.6 Å². The molecule has 4 nitrogen and oxygen atoms in total. The number of hydrogen-bond acceptors (Lipinski definition) is 5. The Balaban J connectivity index is 2.21. The molecule has 0 saturated carbocycles. The molecule has 0 amide bonds. The van der Waals surface area contributed by atoms with E-state index >= 15 is 0 Å². The molecule has 2 aromatic carbocycles. The van der Waals surface area contributed by atoms with Gasteiger partial charge < -0.3 is 20.9 Å². The maximum atomic E-state index is 14.0. The average molecular weight is 386 g/mol. The van der Waals surface area contributed by atoms with E-state index in [-0.39, 0.29) is 17.7 Å². The minimum absolute atomic E-state index is 0.0109. The number of aliphatic hydroxyl groups excluding tert-OH is 1. The molecule has 0 spiro atoms. The van der Waals surface area contributed by atoms with Gasteiger partial charge in [-0.1, -0.05) is 18.2 Å². The molecule has 5 N–H and O–H groups in total. The van der Waals surface area contributed by atoms with Gasteiger partial charge in [-0.2, -0.15) is 0 Å². The molecule has 25 heavy (non-hydrogen) atoms. The van der Waals surface area contributed by atoms with Crippen LogP contribution >= 0.6 is 23.5 Å². The van der Waals surface area contributed by atoms with Crippen LogP contribution in [0.2, 0.25) is 5.02 Å². The Labute approximate surface area is 154 Å². The summed E-state index contributed by atoms with van der Waals surface area (Å²) in [5.41, 5.74) is 6.94. The Morgan fingerprint density at radius 1 is 1.28 bits per heavy atom. The predicted octanol–water partition coefficient (Wildman–Crippen LogP) is 4.06. The smallest absolute Gasteiger partial charge is 0.129 e. The van der Waals surface area contributed by atoms with Gasteiger partial charge in [-0.3, -0.25) is 0 Å². The van der Waals surface area contributed by atoms with Crippen LogP contribution < -0.4 is 15.8 Å².